The molecular weight excluding hydrogens is 426 g/mol. The Labute approximate surface area is 182 Å². The number of methoxy groups -OCH3 is 1. The SMILES string of the molecule is CCCS(=O)(=O)c1ccc2c(c1)CC(NC(=O)c1cc(Cl)ccc1OCCOC)C2. The van der Waals surface area contributed by atoms with Crippen LogP contribution in [-0.2, 0) is 27.4 Å². The number of fused-ring (bicyclic) bond motifs is 1. The van der Waals surface area contributed by atoms with Gasteiger partial charge in [0.05, 0.1) is 22.8 Å². The summed E-state index contributed by atoms with van der Waals surface area (Å²) in [5.41, 5.74) is 2.37. The minimum Gasteiger partial charge on any atom is -0.490 e. The molecule has 1 amide bonds. The number of carbonyl (C=O) groups excluding carboxylic acids is 1. The van der Waals surface area contributed by atoms with Crippen molar-refractivity contribution in [1.29, 1.82) is 0 Å². The van der Waals surface area contributed by atoms with Gasteiger partial charge in [0.25, 0.3) is 5.91 Å². The third-order valence-electron chi connectivity index (χ3n) is 5.01. The molecule has 0 bridgehead atoms. The predicted molar refractivity (Wildman–Crippen MR) is 116 cm³/mol. The van der Waals surface area contributed by atoms with Crippen LogP contribution >= 0.6 is 11.6 Å². The van der Waals surface area contributed by atoms with Gasteiger partial charge in [-0.05, 0) is 60.7 Å². The lowest BCUT2D eigenvalue weighted by atomic mass is 10.1. The molecule has 0 fully saturated rings. The average Bonchev–Trinajstić information content (AvgIpc) is 3.10. The van der Waals surface area contributed by atoms with Gasteiger partial charge in [-0.2, -0.15) is 0 Å². The van der Waals surface area contributed by atoms with Crippen LogP contribution in [0.4, 0.5) is 0 Å². The molecule has 1 unspecified atom stereocenters. The van der Waals surface area contributed by atoms with Gasteiger partial charge < -0.3 is 14.8 Å². The molecule has 0 radical (unpaired) electrons. The summed E-state index contributed by atoms with van der Waals surface area (Å²) in [5, 5.41) is 3.47. The number of ether oxygens (including phenoxy) is 2. The van der Waals surface area contributed by atoms with Crippen molar-refractivity contribution in [2.24, 2.45) is 0 Å². The third kappa shape index (κ3) is 5.33. The van der Waals surface area contributed by atoms with Crippen molar-refractivity contribution in [3.8, 4) is 5.75 Å². The quantitative estimate of drug-likeness (QED) is 0.590. The van der Waals surface area contributed by atoms with E-state index in [1.54, 1.807) is 37.4 Å². The van der Waals surface area contributed by atoms with Crippen molar-refractivity contribution in [3.63, 3.8) is 0 Å². The van der Waals surface area contributed by atoms with E-state index in [0.29, 0.717) is 53.7 Å². The fraction of sp³-hybridized carbons (Fsp3) is 0.409. The maximum atomic E-state index is 12.9. The second-order valence-corrected chi connectivity index (χ2v) is 9.86. The van der Waals surface area contributed by atoms with Gasteiger partial charge in [-0.3, -0.25) is 4.79 Å². The van der Waals surface area contributed by atoms with Crippen molar-refractivity contribution < 1.29 is 22.7 Å². The number of benzene rings is 2. The van der Waals surface area contributed by atoms with Gasteiger partial charge >= 0.3 is 0 Å². The molecule has 1 N–H and O–H groups in total. The predicted octanol–water partition coefficient (Wildman–Crippen LogP) is 3.45. The normalized spacial score (nSPS) is 15.6. The zero-order chi connectivity index (χ0) is 21.7. The first-order chi connectivity index (χ1) is 14.3. The lowest BCUT2D eigenvalue weighted by Gasteiger charge is -2.15. The van der Waals surface area contributed by atoms with E-state index in [0.717, 1.165) is 11.1 Å². The Morgan fingerprint density at radius 3 is 2.63 bits per heavy atom. The Bertz CT molecular complexity index is 1020. The monoisotopic (exact) mass is 451 g/mol. The molecule has 0 aliphatic heterocycles. The number of amides is 1. The van der Waals surface area contributed by atoms with Gasteiger partial charge in [-0.25, -0.2) is 8.42 Å². The Kier molecular flexibility index (Phi) is 7.39. The molecule has 0 heterocycles. The van der Waals surface area contributed by atoms with Crippen LogP contribution in [0.15, 0.2) is 41.3 Å². The largest absolute Gasteiger partial charge is 0.490 e. The fourth-order valence-electron chi connectivity index (χ4n) is 3.58. The van der Waals surface area contributed by atoms with Crippen LogP contribution in [0.3, 0.4) is 0 Å². The Hall–Kier alpha value is -2.09. The lowest BCUT2D eigenvalue weighted by molar-refractivity contribution is 0.0931. The summed E-state index contributed by atoms with van der Waals surface area (Å²) in [5.74, 6) is 0.297. The molecule has 2 aromatic carbocycles. The van der Waals surface area contributed by atoms with Gasteiger partial charge in [0, 0.05) is 18.2 Å². The van der Waals surface area contributed by atoms with E-state index in [1.165, 1.54) is 0 Å². The molecule has 0 aromatic heterocycles. The van der Waals surface area contributed by atoms with E-state index < -0.39 is 9.84 Å². The zero-order valence-corrected chi connectivity index (χ0v) is 18.7. The number of carbonyl (C=O) groups is 1. The second-order valence-electron chi connectivity index (χ2n) is 7.31. The fourth-order valence-corrected chi connectivity index (χ4v) is 5.12. The van der Waals surface area contributed by atoms with Gasteiger partial charge in [-0.15, -0.1) is 0 Å². The summed E-state index contributed by atoms with van der Waals surface area (Å²) >= 11 is 6.08. The zero-order valence-electron chi connectivity index (χ0n) is 17.1. The van der Waals surface area contributed by atoms with Crippen molar-refractivity contribution >= 4 is 27.3 Å². The Balaban J connectivity index is 1.72. The van der Waals surface area contributed by atoms with Crippen LogP contribution in [0.5, 0.6) is 5.75 Å². The number of nitrogens with one attached hydrogen (secondary N) is 1. The third-order valence-corrected chi connectivity index (χ3v) is 7.16. The summed E-state index contributed by atoms with van der Waals surface area (Å²) in [6.45, 7) is 2.58. The summed E-state index contributed by atoms with van der Waals surface area (Å²) in [6, 6.07) is 10.0. The summed E-state index contributed by atoms with van der Waals surface area (Å²) in [4.78, 5) is 13.2. The van der Waals surface area contributed by atoms with E-state index in [4.69, 9.17) is 21.1 Å². The van der Waals surface area contributed by atoms with Gasteiger partial charge in [0.2, 0.25) is 0 Å². The first-order valence-electron chi connectivity index (χ1n) is 9.90. The number of halogens is 1. The van der Waals surface area contributed by atoms with E-state index in [1.807, 2.05) is 13.0 Å². The van der Waals surface area contributed by atoms with Crippen molar-refractivity contribution in [2.75, 3.05) is 26.1 Å². The van der Waals surface area contributed by atoms with Gasteiger partial charge in [-0.1, -0.05) is 24.6 Å². The number of rotatable bonds is 9. The number of hydrogen-bond donors (Lipinski definition) is 1. The molecule has 162 valence electrons. The Morgan fingerprint density at radius 1 is 1.13 bits per heavy atom. The van der Waals surface area contributed by atoms with Crippen LogP contribution in [0.2, 0.25) is 5.02 Å². The second kappa shape index (κ2) is 9.81. The lowest BCUT2D eigenvalue weighted by Crippen LogP contribution is -2.35. The molecule has 2 aromatic rings. The number of hydrogen-bond acceptors (Lipinski definition) is 5. The van der Waals surface area contributed by atoms with E-state index in [2.05, 4.69) is 5.32 Å². The molecule has 1 aliphatic carbocycles. The molecular formula is C22H26ClNO5S. The topological polar surface area (TPSA) is 81.7 Å². The molecule has 6 nitrogen and oxygen atoms in total. The summed E-state index contributed by atoms with van der Waals surface area (Å²) in [6.07, 6.45) is 1.80. The van der Waals surface area contributed by atoms with Crippen molar-refractivity contribution in [1.82, 2.24) is 5.32 Å². The average molecular weight is 452 g/mol. The maximum Gasteiger partial charge on any atom is 0.255 e. The van der Waals surface area contributed by atoms with Crippen LogP contribution in [0, 0.1) is 0 Å². The minimum atomic E-state index is -3.27. The first kappa shape index (κ1) is 22.6. The molecule has 1 atom stereocenters. The molecule has 0 saturated heterocycles. The Morgan fingerprint density at radius 2 is 1.90 bits per heavy atom. The molecule has 1 aliphatic rings. The number of sulfone groups is 1. The highest BCUT2D eigenvalue weighted by Crippen LogP contribution is 2.27. The van der Waals surface area contributed by atoms with Gasteiger partial charge in [0.1, 0.15) is 12.4 Å². The highest BCUT2D eigenvalue weighted by molar-refractivity contribution is 7.91. The smallest absolute Gasteiger partial charge is 0.255 e. The highest BCUT2D eigenvalue weighted by Gasteiger charge is 2.26. The van der Waals surface area contributed by atoms with E-state index in [9.17, 15) is 13.2 Å². The molecule has 0 spiro atoms. The van der Waals surface area contributed by atoms with E-state index >= 15 is 0 Å². The maximum absolute atomic E-state index is 12.9. The molecule has 8 heteroatoms. The van der Waals surface area contributed by atoms with Crippen LogP contribution < -0.4 is 10.1 Å². The standard InChI is InChI=1S/C22H26ClNO5S/c1-3-10-30(26,27)19-6-4-15-11-18(12-16(15)13-19)24-22(25)20-14-17(23)5-7-21(20)29-9-8-28-2/h4-7,13-14,18H,3,8-12H2,1-2H3,(H,24,25). The summed E-state index contributed by atoms with van der Waals surface area (Å²) in [7, 11) is -1.69. The van der Waals surface area contributed by atoms with Gasteiger partial charge in [0.15, 0.2) is 9.84 Å². The first-order valence-corrected chi connectivity index (χ1v) is 11.9. The molecule has 30 heavy (non-hydrogen) atoms. The van der Waals surface area contributed by atoms with Crippen LogP contribution in [-0.4, -0.2) is 46.4 Å². The van der Waals surface area contributed by atoms with Crippen LogP contribution in [0.25, 0.3) is 0 Å². The van der Waals surface area contributed by atoms with Crippen molar-refractivity contribution in [2.45, 2.75) is 37.1 Å². The van der Waals surface area contributed by atoms with Crippen LogP contribution in [0.1, 0.15) is 34.8 Å². The summed E-state index contributed by atoms with van der Waals surface area (Å²) < 4.78 is 35.3. The highest BCUT2D eigenvalue weighted by atomic mass is 35.5. The molecule has 0 saturated carbocycles. The van der Waals surface area contributed by atoms with Crippen molar-refractivity contribution in [3.05, 3.63) is 58.1 Å². The van der Waals surface area contributed by atoms with E-state index in [-0.39, 0.29) is 17.7 Å². The minimum absolute atomic E-state index is 0.123. The molecule has 3 rings (SSSR count).